The van der Waals surface area contributed by atoms with E-state index in [-0.39, 0.29) is 18.2 Å². The van der Waals surface area contributed by atoms with Gasteiger partial charge in [0.15, 0.2) is 0 Å². The van der Waals surface area contributed by atoms with Gasteiger partial charge in [0.2, 0.25) is 0 Å². The zero-order chi connectivity index (χ0) is 13.8. The van der Waals surface area contributed by atoms with Crippen LogP contribution in [-0.2, 0) is 11.3 Å². The summed E-state index contributed by atoms with van der Waals surface area (Å²) in [7, 11) is 0. The zero-order valence-electron chi connectivity index (χ0n) is 10.4. The van der Waals surface area contributed by atoms with Gasteiger partial charge in [0.1, 0.15) is 5.82 Å². The maximum atomic E-state index is 13.6. The molecule has 104 valence electrons. The number of hydrogen-bond acceptors (Lipinski definition) is 4. The first-order valence-electron chi connectivity index (χ1n) is 6.06. The number of hydrogen-bond donors (Lipinski definition) is 2. The van der Waals surface area contributed by atoms with Crippen LogP contribution in [0.2, 0.25) is 0 Å². The topological polar surface area (TPSA) is 70.0 Å². The third kappa shape index (κ3) is 3.28. The van der Waals surface area contributed by atoms with Gasteiger partial charge < -0.3 is 14.9 Å². The summed E-state index contributed by atoms with van der Waals surface area (Å²) in [6, 6.07) is 3.99. The van der Waals surface area contributed by atoms with Crippen LogP contribution >= 0.6 is 0 Å². The van der Waals surface area contributed by atoms with Gasteiger partial charge in [-0.1, -0.05) is 6.07 Å². The number of morpholine rings is 1. The van der Waals surface area contributed by atoms with E-state index in [1.807, 2.05) is 4.90 Å². The summed E-state index contributed by atoms with van der Waals surface area (Å²) in [5, 5.41) is 18.0. The van der Waals surface area contributed by atoms with Gasteiger partial charge in [-0.05, 0) is 17.7 Å². The van der Waals surface area contributed by atoms with Crippen LogP contribution < -0.4 is 0 Å². The van der Waals surface area contributed by atoms with Gasteiger partial charge in [-0.15, -0.1) is 0 Å². The lowest BCUT2D eigenvalue weighted by Gasteiger charge is -2.34. The number of benzene rings is 1. The van der Waals surface area contributed by atoms with Crippen molar-refractivity contribution in [2.45, 2.75) is 12.6 Å². The molecule has 1 aliphatic rings. The minimum atomic E-state index is -1.27. The minimum Gasteiger partial charge on any atom is -0.478 e. The quantitative estimate of drug-likeness (QED) is 0.842. The zero-order valence-corrected chi connectivity index (χ0v) is 10.4. The molecule has 19 heavy (non-hydrogen) atoms. The van der Waals surface area contributed by atoms with Crippen molar-refractivity contribution in [2.24, 2.45) is 0 Å². The molecular formula is C13H16FNO4. The van der Waals surface area contributed by atoms with Crippen LogP contribution in [0, 0.1) is 5.82 Å². The van der Waals surface area contributed by atoms with Crippen molar-refractivity contribution in [1.29, 1.82) is 0 Å². The molecule has 1 heterocycles. The van der Waals surface area contributed by atoms with Crippen molar-refractivity contribution < 1.29 is 24.1 Å². The number of halogens is 1. The Kier molecular flexibility index (Phi) is 4.47. The second kappa shape index (κ2) is 6.10. The number of carboxylic acid groups (broad SMARTS) is 1. The van der Waals surface area contributed by atoms with Gasteiger partial charge in [-0.3, -0.25) is 4.90 Å². The van der Waals surface area contributed by atoms with Crippen LogP contribution in [-0.4, -0.2) is 53.5 Å². The van der Waals surface area contributed by atoms with Crippen LogP contribution in [0.5, 0.6) is 0 Å². The van der Waals surface area contributed by atoms with Crippen LogP contribution in [0.15, 0.2) is 18.2 Å². The van der Waals surface area contributed by atoms with E-state index in [9.17, 15) is 14.3 Å². The number of nitrogens with zero attached hydrogens (tertiary/aromatic N) is 1. The van der Waals surface area contributed by atoms with Crippen molar-refractivity contribution in [3.63, 3.8) is 0 Å². The predicted octanol–water partition coefficient (Wildman–Crippen LogP) is 0.717. The Bertz CT molecular complexity index is 466. The van der Waals surface area contributed by atoms with Gasteiger partial charge in [-0.2, -0.15) is 0 Å². The first-order valence-corrected chi connectivity index (χ1v) is 6.06. The number of rotatable bonds is 4. The molecule has 0 saturated carbocycles. The third-order valence-electron chi connectivity index (χ3n) is 3.21. The summed E-state index contributed by atoms with van der Waals surface area (Å²) in [6.45, 7) is 2.13. The lowest BCUT2D eigenvalue weighted by atomic mass is 10.1. The van der Waals surface area contributed by atoms with Crippen molar-refractivity contribution in [2.75, 3.05) is 26.4 Å². The van der Waals surface area contributed by atoms with Crippen molar-refractivity contribution in [3.8, 4) is 0 Å². The number of carbonyl (C=O) groups is 1. The van der Waals surface area contributed by atoms with E-state index in [1.54, 1.807) is 6.07 Å². The molecule has 0 bridgehead atoms. The lowest BCUT2D eigenvalue weighted by molar-refractivity contribution is -0.0312. The summed E-state index contributed by atoms with van der Waals surface area (Å²) in [5.74, 6) is -2.01. The van der Waals surface area contributed by atoms with Crippen LogP contribution in [0.3, 0.4) is 0 Å². The number of ether oxygens (including phenoxy) is 1. The normalized spacial score (nSPS) is 20.4. The Hall–Kier alpha value is -1.50. The third-order valence-corrected chi connectivity index (χ3v) is 3.21. The molecule has 5 nitrogen and oxygen atoms in total. The smallest absolute Gasteiger partial charge is 0.338 e. The maximum absolute atomic E-state index is 13.6. The fourth-order valence-electron chi connectivity index (χ4n) is 2.13. The average molecular weight is 269 g/mol. The summed E-state index contributed by atoms with van der Waals surface area (Å²) in [4.78, 5) is 12.7. The Labute approximate surface area is 110 Å². The summed E-state index contributed by atoms with van der Waals surface area (Å²) in [6.07, 6.45) is 0. The van der Waals surface area contributed by atoms with Gasteiger partial charge in [0.25, 0.3) is 0 Å². The molecule has 1 fully saturated rings. The van der Waals surface area contributed by atoms with Gasteiger partial charge in [0.05, 0.1) is 31.4 Å². The fourth-order valence-corrected chi connectivity index (χ4v) is 2.13. The van der Waals surface area contributed by atoms with E-state index in [1.165, 1.54) is 12.1 Å². The minimum absolute atomic E-state index is 0.0182. The van der Waals surface area contributed by atoms with Crippen molar-refractivity contribution in [3.05, 3.63) is 35.1 Å². The first kappa shape index (κ1) is 13.9. The number of aliphatic hydroxyl groups is 1. The molecule has 0 radical (unpaired) electrons. The lowest BCUT2D eigenvalue weighted by Crippen LogP contribution is -2.46. The Morgan fingerprint density at radius 2 is 2.32 bits per heavy atom. The standard InChI is InChI=1S/C13H16FNO4/c14-12-5-9(1-2-11(12)13(17)18)6-15-3-4-19-8-10(15)7-16/h1-2,5,10,16H,3-4,6-8H2,(H,17,18). The molecule has 2 rings (SSSR count). The molecule has 1 saturated heterocycles. The monoisotopic (exact) mass is 269 g/mol. The number of aromatic carboxylic acids is 1. The molecule has 1 atom stereocenters. The van der Waals surface area contributed by atoms with Gasteiger partial charge in [0, 0.05) is 13.1 Å². The number of aliphatic hydroxyl groups excluding tert-OH is 1. The summed E-state index contributed by atoms with van der Waals surface area (Å²) < 4.78 is 18.8. The largest absolute Gasteiger partial charge is 0.478 e. The van der Waals surface area contributed by atoms with E-state index in [0.717, 1.165) is 0 Å². The molecule has 0 spiro atoms. The fraction of sp³-hybridized carbons (Fsp3) is 0.462. The van der Waals surface area contributed by atoms with Crippen LogP contribution in [0.25, 0.3) is 0 Å². The molecule has 1 aliphatic heterocycles. The molecule has 0 aromatic heterocycles. The molecule has 1 unspecified atom stereocenters. The summed E-state index contributed by atoms with van der Waals surface area (Å²) in [5.41, 5.74) is 0.354. The second-order valence-electron chi connectivity index (χ2n) is 4.50. The number of carboxylic acids is 1. The van der Waals surface area contributed by atoms with E-state index >= 15 is 0 Å². The average Bonchev–Trinajstić information content (AvgIpc) is 2.39. The molecule has 2 N–H and O–H groups in total. The highest BCUT2D eigenvalue weighted by molar-refractivity contribution is 5.87. The van der Waals surface area contributed by atoms with Gasteiger partial charge >= 0.3 is 5.97 Å². The van der Waals surface area contributed by atoms with E-state index in [4.69, 9.17) is 9.84 Å². The Morgan fingerprint density at radius 1 is 1.53 bits per heavy atom. The molecule has 0 amide bonds. The highest BCUT2D eigenvalue weighted by Crippen LogP contribution is 2.15. The van der Waals surface area contributed by atoms with Gasteiger partial charge in [-0.25, -0.2) is 9.18 Å². The van der Waals surface area contributed by atoms with E-state index in [0.29, 0.717) is 31.9 Å². The molecule has 1 aromatic carbocycles. The molecular weight excluding hydrogens is 253 g/mol. The maximum Gasteiger partial charge on any atom is 0.338 e. The van der Waals surface area contributed by atoms with E-state index < -0.39 is 11.8 Å². The predicted molar refractivity (Wildman–Crippen MR) is 65.5 cm³/mol. The Balaban J connectivity index is 2.10. The van der Waals surface area contributed by atoms with Crippen LogP contribution in [0.4, 0.5) is 4.39 Å². The highest BCUT2D eigenvalue weighted by Gasteiger charge is 2.22. The van der Waals surface area contributed by atoms with Crippen molar-refractivity contribution in [1.82, 2.24) is 4.90 Å². The Morgan fingerprint density at radius 3 is 2.95 bits per heavy atom. The van der Waals surface area contributed by atoms with Crippen LogP contribution in [0.1, 0.15) is 15.9 Å². The van der Waals surface area contributed by atoms with Crippen molar-refractivity contribution >= 4 is 5.97 Å². The molecule has 0 aliphatic carbocycles. The SMILES string of the molecule is O=C(O)c1ccc(CN2CCOCC2CO)cc1F. The second-order valence-corrected chi connectivity index (χ2v) is 4.50. The molecule has 1 aromatic rings. The first-order chi connectivity index (χ1) is 9.11. The molecule has 6 heteroatoms. The highest BCUT2D eigenvalue weighted by atomic mass is 19.1. The van der Waals surface area contributed by atoms with E-state index in [2.05, 4.69) is 0 Å². The summed E-state index contributed by atoms with van der Waals surface area (Å²) >= 11 is 0.